The van der Waals surface area contributed by atoms with Gasteiger partial charge in [-0.3, -0.25) is 9.10 Å². The highest BCUT2D eigenvalue weighted by Gasteiger charge is 2.27. The van der Waals surface area contributed by atoms with E-state index in [-0.39, 0.29) is 26.7 Å². The molecule has 3 rings (SSSR count). The lowest BCUT2D eigenvalue weighted by atomic mass is 10.2. The fourth-order valence-electron chi connectivity index (χ4n) is 2.97. The van der Waals surface area contributed by atoms with Crippen LogP contribution in [-0.4, -0.2) is 33.2 Å². The summed E-state index contributed by atoms with van der Waals surface area (Å²) in [6, 6.07) is 19.2. The van der Waals surface area contributed by atoms with Crippen LogP contribution in [0.3, 0.4) is 0 Å². The molecule has 0 aromatic heterocycles. The molecule has 10 heteroatoms. The second-order valence-electron chi connectivity index (χ2n) is 7.48. The summed E-state index contributed by atoms with van der Waals surface area (Å²) in [5.41, 5.74) is 3.24. The third kappa shape index (κ3) is 6.96. The molecule has 34 heavy (non-hydrogen) atoms. The van der Waals surface area contributed by atoms with E-state index in [0.717, 1.165) is 15.6 Å². The number of anilines is 1. The summed E-state index contributed by atoms with van der Waals surface area (Å²) in [4.78, 5) is 12.6. The first-order chi connectivity index (χ1) is 16.1. The standard InChI is InChI=1S/C24H23Cl2N3O4S/c1-17(2)33-22-10-8-18(9-11-22)15-27-28-24(30)16-29(21-13-19(25)12-20(26)14-21)34(31,32)23-6-4-3-5-7-23/h3-15,17H,16H2,1-2H3,(H,28,30)/b27-15-. The van der Waals surface area contributed by atoms with Crippen molar-refractivity contribution in [1.82, 2.24) is 5.43 Å². The van der Waals surface area contributed by atoms with Crippen LogP contribution in [-0.2, 0) is 14.8 Å². The lowest BCUT2D eigenvalue weighted by molar-refractivity contribution is -0.119. The minimum atomic E-state index is -4.09. The molecule has 0 heterocycles. The molecule has 0 radical (unpaired) electrons. The zero-order valence-corrected chi connectivity index (χ0v) is 20.8. The van der Waals surface area contributed by atoms with Crippen LogP contribution in [0.15, 0.2) is 82.8 Å². The number of carbonyl (C=O) groups excluding carboxylic acids is 1. The molecule has 0 aliphatic rings. The van der Waals surface area contributed by atoms with Crippen LogP contribution in [0.1, 0.15) is 19.4 Å². The number of nitrogens with one attached hydrogen (secondary N) is 1. The van der Waals surface area contributed by atoms with Gasteiger partial charge in [-0.25, -0.2) is 13.8 Å². The molecule has 1 amide bonds. The molecule has 3 aromatic rings. The van der Waals surface area contributed by atoms with Crippen LogP contribution in [0.25, 0.3) is 0 Å². The quantitative estimate of drug-likeness (QED) is 0.313. The van der Waals surface area contributed by atoms with E-state index in [0.29, 0.717) is 0 Å². The first-order valence-electron chi connectivity index (χ1n) is 10.3. The third-order valence-corrected chi connectivity index (χ3v) is 6.63. The van der Waals surface area contributed by atoms with E-state index in [2.05, 4.69) is 10.5 Å². The van der Waals surface area contributed by atoms with Gasteiger partial charge in [0.25, 0.3) is 15.9 Å². The number of nitrogens with zero attached hydrogens (tertiary/aromatic N) is 2. The minimum absolute atomic E-state index is 0.0195. The molecule has 7 nitrogen and oxygen atoms in total. The third-order valence-electron chi connectivity index (χ3n) is 4.41. The van der Waals surface area contributed by atoms with Crippen molar-refractivity contribution >= 4 is 51.0 Å². The predicted octanol–water partition coefficient (Wildman–Crippen LogP) is 5.13. The Bertz CT molecular complexity index is 1240. The highest BCUT2D eigenvalue weighted by molar-refractivity contribution is 7.92. The fraction of sp³-hybridized carbons (Fsp3) is 0.167. The van der Waals surface area contributed by atoms with E-state index in [1.165, 1.54) is 36.5 Å². The Hall–Kier alpha value is -3.07. The van der Waals surface area contributed by atoms with Gasteiger partial charge in [-0.2, -0.15) is 5.10 Å². The molecule has 0 bridgehead atoms. The largest absolute Gasteiger partial charge is 0.491 e. The summed E-state index contributed by atoms with van der Waals surface area (Å²) in [6.45, 7) is 3.33. The van der Waals surface area contributed by atoms with Crippen LogP contribution >= 0.6 is 23.2 Å². The Balaban J connectivity index is 1.78. The lowest BCUT2D eigenvalue weighted by Crippen LogP contribution is -2.39. The average molecular weight is 520 g/mol. The smallest absolute Gasteiger partial charge is 0.264 e. The average Bonchev–Trinajstić information content (AvgIpc) is 2.78. The van der Waals surface area contributed by atoms with Crippen LogP contribution in [0.2, 0.25) is 10.0 Å². The number of amides is 1. The van der Waals surface area contributed by atoms with Crippen LogP contribution in [0, 0.1) is 0 Å². The summed E-state index contributed by atoms with van der Waals surface area (Å²) in [7, 11) is -4.09. The highest BCUT2D eigenvalue weighted by atomic mass is 35.5. The van der Waals surface area contributed by atoms with Gasteiger partial charge in [-0.05, 0) is 74.0 Å². The lowest BCUT2D eigenvalue weighted by Gasteiger charge is -2.24. The first kappa shape index (κ1) is 25.6. The predicted molar refractivity (Wildman–Crippen MR) is 135 cm³/mol. The Labute approximate surface area is 209 Å². The maximum Gasteiger partial charge on any atom is 0.264 e. The zero-order valence-electron chi connectivity index (χ0n) is 18.5. The number of halogens is 2. The van der Waals surface area contributed by atoms with Gasteiger partial charge in [0, 0.05) is 10.0 Å². The van der Waals surface area contributed by atoms with Gasteiger partial charge >= 0.3 is 0 Å². The van der Waals surface area contributed by atoms with E-state index in [9.17, 15) is 13.2 Å². The maximum absolute atomic E-state index is 13.3. The van der Waals surface area contributed by atoms with Crippen LogP contribution < -0.4 is 14.5 Å². The van der Waals surface area contributed by atoms with Crippen molar-refractivity contribution < 1.29 is 17.9 Å². The summed E-state index contributed by atoms with van der Waals surface area (Å²) < 4.78 is 33.1. The summed E-state index contributed by atoms with van der Waals surface area (Å²) in [5, 5.41) is 4.40. The number of rotatable bonds is 9. The normalized spacial score (nSPS) is 11.6. The number of ether oxygens (including phenoxy) is 1. The molecule has 0 saturated carbocycles. The zero-order chi connectivity index (χ0) is 24.7. The van der Waals surface area contributed by atoms with Crippen molar-refractivity contribution in [2.75, 3.05) is 10.8 Å². The monoisotopic (exact) mass is 519 g/mol. The molecular formula is C24H23Cl2N3O4S. The minimum Gasteiger partial charge on any atom is -0.491 e. The van der Waals surface area contributed by atoms with Gasteiger partial charge in [0.05, 0.1) is 22.9 Å². The van der Waals surface area contributed by atoms with E-state index >= 15 is 0 Å². The molecule has 1 N–H and O–H groups in total. The van der Waals surface area contributed by atoms with Gasteiger partial charge in [-0.1, -0.05) is 41.4 Å². The van der Waals surface area contributed by atoms with Crippen molar-refractivity contribution in [3.63, 3.8) is 0 Å². The van der Waals surface area contributed by atoms with Crippen molar-refractivity contribution in [1.29, 1.82) is 0 Å². The Morgan fingerprint density at radius 1 is 1.03 bits per heavy atom. The Morgan fingerprint density at radius 3 is 2.24 bits per heavy atom. The molecular weight excluding hydrogens is 497 g/mol. The number of carbonyl (C=O) groups is 1. The fourth-order valence-corrected chi connectivity index (χ4v) is 4.91. The number of hydrogen-bond acceptors (Lipinski definition) is 5. The summed E-state index contributed by atoms with van der Waals surface area (Å²) >= 11 is 12.2. The van der Waals surface area contributed by atoms with Crippen molar-refractivity contribution in [3.8, 4) is 5.75 Å². The summed E-state index contributed by atoms with van der Waals surface area (Å²) in [6.07, 6.45) is 1.51. The van der Waals surface area contributed by atoms with Crippen LogP contribution in [0.5, 0.6) is 5.75 Å². The first-order valence-corrected chi connectivity index (χ1v) is 12.5. The molecule has 0 aliphatic heterocycles. The second kappa shape index (κ2) is 11.4. The molecule has 0 fully saturated rings. The topological polar surface area (TPSA) is 88.1 Å². The van der Waals surface area contributed by atoms with Crippen molar-refractivity contribution in [3.05, 3.63) is 88.4 Å². The molecule has 3 aromatic carbocycles. The Morgan fingerprint density at radius 2 is 1.65 bits per heavy atom. The molecule has 178 valence electrons. The molecule has 0 spiro atoms. The van der Waals surface area contributed by atoms with E-state index < -0.39 is 22.5 Å². The van der Waals surface area contributed by atoms with Gasteiger partial charge in [0.15, 0.2) is 0 Å². The molecule has 0 unspecified atom stereocenters. The second-order valence-corrected chi connectivity index (χ2v) is 10.2. The molecule has 0 saturated heterocycles. The van der Waals surface area contributed by atoms with E-state index in [1.807, 2.05) is 13.8 Å². The van der Waals surface area contributed by atoms with Gasteiger partial charge < -0.3 is 4.74 Å². The van der Waals surface area contributed by atoms with Crippen molar-refractivity contribution in [2.24, 2.45) is 5.10 Å². The van der Waals surface area contributed by atoms with Crippen molar-refractivity contribution in [2.45, 2.75) is 24.8 Å². The number of benzene rings is 3. The maximum atomic E-state index is 13.3. The molecule has 0 aliphatic carbocycles. The number of hydrogen-bond donors (Lipinski definition) is 1. The van der Waals surface area contributed by atoms with Gasteiger partial charge in [0.1, 0.15) is 12.3 Å². The van der Waals surface area contributed by atoms with Gasteiger partial charge in [0.2, 0.25) is 0 Å². The molecule has 0 atom stereocenters. The van der Waals surface area contributed by atoms with E-state index in [1.54, 1.807) is 42.5 Å². The SMILES string of the molecule is CC(C)Oc1ccc(/C=N\NC(=O)CN(c2cc(Cl)cc(Cl)c2)S(=O)(=O)c2ccccc2)cc1. The van der Waals surface area contributed by atoms with Gasteiger partial charge in [-0.15, -0.1) is 0 Å². The number of hydrazone groups is 1. The number of sulfonamides is 1. The Kier molecular flexibility index (Phi) is 8.55. The van der Waals surface area contributed by atoms with Crippen LogP contribution in [0.4, 0.5) is 5.69 Å². The van der Waals surface area contributed by atoms with E-state index in [4.69, 9.17) is 27.9 Å². The highest BCUT2D eigenvalue weighted by Crippen LogP contribution is 2.29. The summed E-state index contributed by atoms with van der Waals surface area (Å²) in [5.74, 6) is 0.0738.